The van der Waals surface area contributed by atoms with Gasteiger partial charge in [-0.15, -0.1) is 0 Å². The molecule has 0 saturated heterocycles. The Morgan fingerprint density at radius 2 is 1.73 bits per heavy atom. The summed E-state index contributed by atoms with van der Waals surface area (Å²) in [6.07, 6.45) is 0. The SMILES string of the molecule is O=C(O)CNC(=O)c1c(O)sc2cc(-c3ccc(F)cc3)ccc2c1=O. The minimum absolute atomic E-state index is 0.221. The Labute approximate surface area is 150 Å². The van der Waals surface area contributed by atoms with E-state index in [1.54, 1.807) is 24.3 Å². The molecule has 2 aromatic carbocycles. The molecule has 1 heterocycles. The topological polar surface area (TPSA) is 104 Å². The van der Waals surface area contributed by atoms with Crippen molar-refractivity contribution in [1.29, 1.82) is 0 Å². The van der Waals surface area contributed by atoms with Crippen molar-refractivity contribution in [2.24, 2.45) is 0 Å². The van der Waals surface area contributed by atoms with Gasteiger partial charge in [0, 0.05) is 10.1 Å². The molecule has 132 valence electrons. The van der Waals surface area contributed by atoms with Gasteiger partial charge in [-0.05, 0) is 35.4 Å². The number of aromatic hydroxyl groups is 1. The molecule has 0 radical (unpaired) electrons. The molecule has 0 unspecified atom stereocenters. The molecule has 26 heavy (non-hydrogen) atoms. The fourth-order valence-corrected chi connectivity index (χ4v) is 3.40. The first-order valence-electron chi connectivity index (χ1n) is 7.42. The van der Waals surface area contributed by atoms with Crippen molar-refractivity contribution in [3.05, 3.63) is 64.1 Å². The Balaban J connectivity index is 2.06. The Hall–Kier alpha value is -3.26. The number of carboxylic acid groups (broad SMARTS) is 1. The molecule has 3 rings (SSSR count). The highest BCUT2D eigenvalue weighted by molar-refractivity contribution is 7.20. The highest BCUT2D eigenvalue weighted by Gasteiger charge is 2.20. The Bertz CT molecular complexity index is 1080. The number of nitrogens with one attached hydrogen (secondary N) is 1. The van der Waals surface area contributed by atoms with Gasteiger partial charge in [0.1, 0.15) is 17.9 Å². The summed E-state index contributed by atoms with van der Waals surface area (Å²) in [4.78, 5) is 35.0. The number of rotatable bonds is 4. The van der Waals surface area contributed by atoms with E-state index in [-0.39, 0.29) is 11.2 Å². The maximum atomic E-state index is 13.0. The van der Waals surface area contributed by atoms with Crippen LogP contribution >= 0.6 is 11.3 Å². The van der Waals surface area contributed by atoms with Crippen LogP contribution in [0, 0.1) is 5.82 Å². The van der Waals surface area contributed by atoms with Crippen LogP contribution in [-0.4, -0.2) is 28.6 Å². The number of carbonyl (C=O) groups excluding carboxylic acids is 1. The van der Waals surface area contributed by atoms with E-state index in [1.165, 1.54) is 18.2 Å². The molecule has 0 aliphatic heterocycles. The third-order valence-corrected chi connectivity index (χ3v) is 4.63. The quantitative estimate of drug-likeness (QED) is 0.652. The van der Waals surface area contributed by atoms with E-state index in [0.717, 1.165) is 22.5 Å². The lowest BCUT2D eigenvalue weighted by Gasteiger charge is -2.07. The van der Waals surface area contributed by atoms with Gasteiger partial charge in [0.25, 0.3) is 5.91 Å². The van der Waals surface area contributed by atoms with Crippen molar-refractivity contribution in [2.45, 2.75) is 0 Å². The number of hydrogen-bond donors (Lipinski definition) is 3. The van der Waals surface area contributed by atoms with E-state index < -0.39 is 34.5 Å². The summed E-state index contributed by atoms with van der Waals surface area (Å²) in [6.45, 7) is -0.663. The Kier molecular flexibility index (Phi) is 4.68. The van der Waals surface area contributed by atoms with E-state index in [0.29, 0.717) is 4.70 Å². The maximum absolute atomic E-state index is 13.0. The molecule has 0 bridgehead atoms. The fourth-order valence-electron chi connectivity index (χ4n) is 2.45. The Morgan fingerprint density at radius 3 is 2.38 bits per heavy atom. The van der Waals surface area contributed by atoms with Crippen molar-refractivity contribution in [1.82, 2.24) is 5.32 Å². The van der Waals surface area contributed by atoms with Crippen molar-refractivity contribution in [2.75, 3.05) is 6.54 Å². The molecule has 8 heteroatoms. The van der Waals surface area contributed by atoms with E-state index in [1.807, 2.05) is 0 Å². The standard InChI is InChI=1S/C18H12FNO5S/c19-11-4-1-9(2-5-11)10-3-6-12-13(7-10)26-18(25)15(16(12)23)17(24)20-8-14(21)22/h1-7,25H,8H2,(H,20,24)(H,21,22). The lowest BCUT2D eigenvalue weighted by molar-refractivity contribution is -0.135. The summed E-state index contributed by atoms with van der Waals surface area (Å²) in [7, 11) is 0. The average Bonchev–Trinajstić information content (AvgIpc) is 2.60. The van der Waals surface area contributed by atoms with Gasteiger partial charge in [-0.25, -0.2) is 4.39 Å². The smallest absolute Gasteiger partial charge is 0.322 e. The summed E-state index contributed by atoms with van der Waals surface area (Å²) >= 11 is 0.830. The van der Waals surface area contributed by atoms with Gasteiger partial charge >= 0.3 is 5.97 Å². The lowest BCUT2D eigenvalue weighted by Crippen LogP contribution is -2.32. The molecule has 0 aliphatic carbocycles. The summed E-state index contributed by atoms with van der Waals surface area (Å²) in [5.41, 5.74) is 0.273. The predicted octanol–water partition coefficient (Wildman–Crippen LogP) is 2.59. The van der Waals surface area contributed by atoms with E-state index >= 15 is 0 Å². The van der Waals surface area contributed by atoms with E-state index in [9.17, 15) is 23.9 Å². The van der Waals surface area contributed by atoms with Gasteiger partial charge in [0.2, 0.25) is 5.43 Å². The van der Waals surface area contributed by atoms with E-state index in [4.69, 9.17) is 5.11 Å². The van der Waals surface area contributed by atoms with Crippen LogP contribution < -0.4 is 10.7 Å². The third-order valence-electron chi connectivity index (χ3n) is 3.68. The molecule has 0 atom stereocenters. The van der Waals surface area contributed by atoms with Crippen LogP contribution in [0.1, 0.15) is 10.4 Å². The molecule has 1 amide bonds. The Morgan fingerprint density at radius 1 is 1.08 bits per heavy atom. The van der Waals surface area contributed by atoms with Crippen LogP contribution in [0.3, 0.4) is 0 Å². The third kappa shape index (κ3) is 3.40. The van der Waals surface area contributed by atoms with Gasteiger partial charge in [-0.2, -0.15) is 0 Å². The summed E-state index contributed by atoms with van der Waals surface area (Å²) in [5.74, 6) is -2.58. The number of halogens is 1. The van der Waals surface area contributed by atoms with Crippen LogP contribution in [0.15, 0.2) is 47.3 Å². The zero-order chi connectivity index (χ0) is 18.8. The van der Waals surface area contributed by atoms with Gasteiger partial charge in [-0.1, -0.05) is 29.5 Å². The highest BCUT2D eigenvalue weighted by atomic mass is 32.1. The highest BCUT2D eigenvalue weighted by Crippen LogP contribution is 2.31. The first-order chi connectivity index (χ1) is 12.4. The first-order valence-corrected chi connectivity index (χ1v) is 8.24. The van der Waals surface area contributed by atoms with Crippen LogP contribution in [0.25, 0.3) is 21.2 Å². The summed E-state index contributed by atoms with van der Waals surface area (Å²) in [6, 6.07) is 10.6. The van der Waals surface area contributed by atoms with Crippen molar-refractivity contribution < 1.29 is 24.2 Å². The minimum Gasteiger partial charge on any atom is -0.499 e. The number of benzene rings is 2. The normalized spacial score (nSPS) is 10.7. The monoisotopic (exact) mass is 373 g/mol. The molecule has 6 nitrogen and oxygen atoms in total. The summed E-state index contributed by atoms with van der Waals surface area (Å²) in [5, 5.41) is 20.5. The van der Waals surface area contributed by atoms with Gasteiger partial charge < -0.3 is 15.5 Å². The molecule has 0 fully saturated rings. The first kappa shape index (κ1) is 17.6. The minimum atomic E-state index is -1.27. The number of carboxylic acids is 1. The second-order valence-electron chi connectivity index (χ2n) is 5.41. The predicted molar refractivity (Wildman–Crippen MR) is 95.1 cm³/mol. The van der Waals surface area contributed by atoms with Gasteiger partial charge in [0.05, 0.1) is 0 Å². The molecule has 1 aromatic heterocycles. The molecule has 3 N–H and O–H groups in total. The maximum Gasteiger partial charge on any atom is 0.322 e. The molecular formula is C18H12FNO5S. The largest absolute Gasteiger partial charge is 0.499 e. The molecular weight excluding hydrogens is 361 g/mol. The molecule has 0 saturated carbocycles. The second-order valence-corrected chi connectivity index (χ2v) is 6.44. The van der Waals surface area contributed by atoms with Crippen LogP contribution in [0.5, 0.6) is 5.06 Å². The fraction of sp³-hybridized carbons (Fsp3) is 0.0556. The number of fused-ring (bicyclic) bond motifs is 1. The molecule has 0 spiro atoms. The van der Waals surface area contributed by atoms with E-state index in [2.05, 4.69) is 5.32 Å². The van der Waals surface area contributed by atoms with Crippen molar-refractivity contribution in [3.8, 4) is 16.2 Å². The van der Waals surface area contributed by atoms with Crippen LogP contribution in [-0.2, 0) is 4.79 Å². The molecule has 0 aliphatic rings. The second kappa shape index (κ2) is 6.93. The zero-order valence-electron chi connectivity index (χ0n) is 13.2. The van der Waals surface area contributed by atoms with Gasteiger partial charge in [0.15, 0.2) is 5.06 Å². The van der Waals surface area contributed by atoms with Crippen LogP contribution in [0.2, 0.25) is 0 Å². The zero-order valence-corrected chi connectivity index (χ0v) is 14.0. The molecule has 3 aromatic rings. The number of amides is 1. The van der Waals surface area contributed by atoms with Gasteiger partial charge in [-0.3, -0.25) is 14.4 Å². The number of aliphatic carboxylic acids is 1. The van der Waals surface area contributed by atoms with Crippen molar-refractivity contribution in [3.63, 3.8) is 0 Å². The van der Waals surface area contributed by atoms with Crippen LogP contribution in [0.4, 0.5) is 4.39 Å². The van der Waals surface area contributed by atoms with Crippen molar-refractivity contribution >= 4 is 33.3 Å². The number of hydrogen-bond acceptors (Lipinski definition) is 5. The average molecular weight is 373 g/mol. The number of carbonyl (C=O) groups is 2. The lowest BCUT2D eigenvalue weighted by atomic mass is 10.0. The summed E-state index contributed by atoms with van der Waals surface area (Å²) < 4.78 is 13.5.